The van der Waals surface area contributed by atoms with Crippen molar-refractivity contribution in [2.45, 2.75) is 19.4 Å². The number of hydrogen-bond acceptors (Lipinski definition) is 4. The van der Waals surface area contributed by atoms with Crippen molar-refractivity contribution in [1.29, 1.82) is 0 Å². The van der Waals surface area contributed by atoms with Gasteiger partial charge in [0.25, 0.3) is 0 Å². The zero-order valence-electron chi connectivity index (χ0n) is 12.3. The fourth-order valence-corrected chi connectivity index (χ4v) is 2.44. The molecule has 1 aliphatic heterocycles. The van der Waals surface area contributed by atoms with Crippen LogP contribution < -0.4 is 10.2 Å². The standard InChI is InChI=1S/C16H20N2O3/c1-12(16(20)17-10-5-8-15(19)21-2)18-11-9-13-6-3-4-7-14(13)18/h3-8,12H,9-11H2,1-2H3,(H,17,20)/b8-5+. The fourth-order valence-electron chi connectivity index (χ4n) is 2.44. The first-order valence-corrected chi connectivity index (χ1v) is 7.00. The van der Waals surface area contributed by atoms with E-state index in [1.165, 1.54) is 18.7 Å². The predicted octanol–water partition coefficient (Wildman–Crippen LogP) is 1.28. The average molecular weight is 288 g/mol. The van der Waals surface area contributed by atoms with Crippen LogP contribution in [-0.4, -0.2) is 38.1 Å². The van der Waals surface area contributed by atoms with Crippen molar-refractivity contribution in [3.05, 3.63) is 42.0 Å². The van der Waals surface area contributed by atoms with Gasteiger partial charge >= 0.3 is 5.97 Å². The number of ether oxygens (including phenoxy) is 1. The monoisotopic (exact) mass is 288 g/mol. The lowest BCUT2D eigenvalue weighted by molar-refractivity contribution is -0.134. The molecule has 1 N–H and O–H groups in total. The Morgan fingerprint density at radius 3 is 2.95 bits per heavy atom. The zero-order chi connectivity index (χ0) is 15.2. The third-order valence-corrected chi connectivity index (χ3v) is 3.62. The Bertz CT molecular complexity index is 554. The van der Waals surface area contributed by atoms with E-state index in [4.69, 9.17) is 0 Å². The van der Waals surface area contributed by atoms with Gasteiger partial charge in [-0.25, -0.2) is 4.79 Å². The number of anilines is 1. The number of carbonyl (C=O) groups excluding carboxylic acids is 2. The van der Waals surface area contributed by atoms with Crippen molar-refractivity contribution in [1.82, 2.24) is 5.32 Å². The first-order valence-electron chi connectivity index (χ1n) is 7.00. The zero-order valence-corrected chi connectivity index (χ0v) is 12.3. The van der Waals surface area contributed by atoms with Crippen LogP contribution in [0.5, 0.6) is 0 Å². The number of methoxy groups -OCH3 is 1. The number of nitrogens with zero attached hydrogens (tertiary/aromatic N) is 1. The maximum atomic E-state index is 12.2. The summed E-state index contributed by atoms with van der Waals surface area (Å²) in [6, 6.07) is 7.91. The molecule has 0 saturated carbocycles. The molecular weight excluding hydrogens is 268 g/mol. The fraction of sp³-hybridized carbons (Fsp3) is 0.375. The Labute approximate surface area is 124 Å². The number of nitrogens with one attached hydrogen (secondary N) is 1. The summed E-state index contributed by atoms with van der Waals surface area (Å²) in [7, 11) is 1.32. The molecule has 5 nitrogen and oxygen atoms in total. The molecule has 0 fully saturated rings. The molecule has 0 saturated heterocycles. The second-order valence-corrected chi connectivity index (χ2v) is 4.92. The highest BCUT2D eigenvalue weighted by atomic mass is 16.5. The summed E-state index contributed by atoms with van der Waals surface area (Å²) in [4.78, 5) is 25.2. The normalized spacial score (nSPS) is 14.9. The van der Waals surface area contributed by atoms with Gasteiger partial charge in [-0.05, 0) is 25.0 Å². The van der Waals surface area contributed by atoms with Crippen molar-refractivity contribution in [3.63, 3.8) is 0 Å². The minimum absolute atomic E-state index is 0.0544. The van der Waals surface area contributed by atoms with Crippen LogP contribution in [-0.2, 0) is 20.7 Å². The minimum Gasteiger partial charge on any atom is -0.466 e. The number of amides is 1. The van der Waals surface area contributed by atoms with E-state index in [2.05, 4.69) is 21.0 Å². The van der Waals surface area contributed by atoms with E-state index in [0.29, 0.717) is 6.54 Å². The summed E-state index contributed by atoms with van der Waals surface area (Å²) in [5.41, 5.74) is 2.41. The van der Waals surface area contributed by atoms with Crippen LogP contribution in [0.15, 0.2) is 36.4 Å². The van der Waals surface area contributed by atoms with Crippen LogP contribution in [0, 0.1) is 0 Å². The lowest BCUT2D eigenvalue weighted by atomic mass is 10.1. The highest BCUT2D eigenvalue weighted by Crippen LogP contribution is 2.29. The first kappa shape index (κ1) is 15.1. The molecule has 1 heterocycles. The predicted molar refractivity (Wildman–Crippen MR) is 81.1 cm³/mol. The Hall–Kier alpha value is -2.30. The smallest absolute Gasteiger partial charge is 0.330 e. The molecule has 0 aromatic heterocycles. The van der Waals surface area contributed by atoms with Gasteiger partial charge in [-0.3, -0.25) is 4.79 Å². The van der Waals surface area contributed by atoms with Crippen LogP contribution in [0.25, 0.3) is 0 Å². The quantitative estimate of drug-likeness (QED) is 0.655. The van der Waals surface area contributed by atoms with Crippen LogP contribution in [0.1, 0.15) is 12.5 Å². The van der Waals surface area contributed by atoms with E-state index < -0.39 is 5.97 Å². The molecule has 1 amide bonds. The van der Waals surface area contributed by atoms with Gasteiger partial charge in [0.15, 0.2) is 0 Å². The number of esters is 1. The van der Waals surface area contributed by atoms with E-state index >= 15 is 0 Å². The Kier molecular flexibility index (Phi) is 4.98. The van der Waals surface area contributed by atoms with Gasteiger partial charge in [0.05, 0.1) is 7.11 Å². The van der Waals surface area contributed by atoms with E-state index in [1.54, 1.807) is 6.08 Å². The van der Waals surface area contributed by atoms with Gasteiger partial charge in [-0.2, -0.15) is 0 Å². The van der Waals surface area contributed by atoms with Crippen molar-refractivity contribution in [2.75, 3.05) is 25.1 Å². The van der Waals surface area contributed by atoms with E-state index in [9.17, 15) is 9.59 Å². The molecule has 0 spiro atoms. The van der Waals surface area contributed by atoms with Gasteiger partial charge in [0.2, 0.25) is 5.91 Å². The third-order valence-electron chi connectivity index (χ3n) is 3.62. The van der Waals surface area contributed by atoms with Crippen molar-refractivity contribution < 1.29 is 14.3 Å². The van der Waals surface area contributed by atoms with Crippen molar-refractivity contribution in [3.8, 4) is 0 Å². The average Bonchev–Trinajstić information content (AvgIpc) is 2.94. The van der Waals surface area contributed by atoms with Gasteiger partial charge in [0.1, 0.15) is 6.04 Å². The molecule has 1 aliphatic rings. The van der Waals surface area contributed by atoms with Crippen LogP contribution in [0.2, 0.25) is 0 Å². The first-order chi connectivity index (χ1) is 10.1. The number of para-hydroxylation sites is 1. The minimum atomic E-state index is -0.425. The molecule has 1 atom stereocenters. The van der Waals surface area contributed by atoms with E-state index in [-0.39, 0.29) is 11.9 Å². The number of fused-ring (bicyclic) bond motifs is 1. The number of rotatable bonds is 5. The summed E-state index contributed by atoms with van der Waals surface area (Å²) in [6.07, 6.45) is 3.85. The number of carbonyl (C=O) groups is 2. The Morgan fingerprint density at radius 1 is 1.43 bits per heavy atom. The molecule has 1 unspecified atom stereocenters. The molecule has 1 aromatic carbocycles. The molecule has 112 valence electrons. The summed E-state index contributed by atoms with van der Waals surface area (Å²) in [5.74, 6) is -0.480. The largest absolute Gasteiger partial charge is 0.466 e. The molecule has 0 bridgehead atoms. The second-order valence-electron chi connectivity index (χ2n) is 4.92. The lowest BCUT2D eigenvalue weighted by Gasteiger charge is -2.26. The molecule has 0 aliphatic carbocycles. The summed E-state index contributed by atoms with van der Waals surface area (Å²) < 4.78 is 4.48. The lowest BCUT2D eigenvalue weighted by Crippen LogP contribution is -2.44. The van der Waals surface area contributed by atoms with Crippen LogP contribution >= 0.6 is 0 Å². The third kappa shape index (κ3) is 3.62. The molecule has 0 radical (unpaired) electrons. The molecule has 5 heteroatoms. The van der Waals surface area contributed by atoms with E-state index in [1.807, 2.05) is 25.1 Å². The van der Waals surface area contributed by atoms with Gasteiger partial charge in [-0.1, -0.05) is 24.3 Å². The maximum Gasteiger partial charge on any atom is 0.330 e. The van der Waals surface area contributed by atoms with Crippen molar-refractivity contribution >= 4 is 17.6 Å². The molecule has 1 aromatic rings. The van der Waals surface area contributed by atoms with Crippen LogP contribution in [0.3, 0.4) is 0 Å². The van der Waals surface area contributed by atoms with Crippen LogP contribution in [0.4, 0.5) is 5.69 Å². The maximum absolute atomic E-state index is 12.2. The van der Waals surface area contributed by atoms with Gasteiger partial charge in [0, 0.05) is 24.9 Å². The molecule has 2 rings (SSSR count). The number of hydrogen-bond donors (Lipinski definition) is 1. The highest BCUT2D eigenvalue weighted by molar-refractivity contribution is 5.86. The summed E-state index contributed by atoms with van der Waals surface area (Å²) in [6.45, 7) is 3.06. The summed E-state index contributed by atoms with van der Waals surface area (Å²) in [5, 5.41) is 2.79. The SMILES string of the molecule is COC(=O)/C=C/CNC(=O)C(C)N1CCc2ccccc21. The van der Waals surface area contributed by atoms with Gasteiger partial charge in [-0.15, -0.1) is 0 Å². The number of benzene rings is 1. The van der Waals surface area contributed by atoms with Gasteiger partial charge < -0.3 is 15.0 Å². The van der Waals surface area contributed by atoms with E-state index in [0.717, 1.165) is 18.7 Å². The highest BCUT2D eigenvalue weighted by Gasteiger charge is 2.26. The Balaban J connectivity index is 1.89. The second kappa shape index (κ2) is 6.92. The topological polar surface area (TPSA) is 58.6 Å². The Morgan fingerprint density at radius 2 is 2.19 bits per heavy atom. The molecular formula is C16H20N2O3. The summed E-state index contributed by atoms with van der Waals surface area (Å²) >= 11 is 0. The van der Waals surface area contributed by atoms with Crippen molar-refractivity contribution in [2.24, 2.45) is 0 Å². The molecule has 21 heavy (non-hydrogen) atoms.